The van der Waals surface area contributed by atoms with E-state index in [2.05, 4.69) is 10.4 Å². The number of carbonyl (C=O) groups is 2. The van der Waals surface area contributed by atoms with Gasteiger partial charge in [0.15, 0.2) is 0 Å². The van der Waals surface area contributed by atoms with E-state index in [0.29, 0.717) is 11.6 Å². The molecule has 15 heavy (non-hydrogen) atoms. The number of halogens is 1. The average Bonchev–Trinajstić information content (AvgIpc) is 2.58. The SMILES string of the molecule is O=C(O)CNC(=O)CCn1cc(Cl)cn1. The number of carboxylic acids is 1. The van der Waals surface area contributed by atoms with E-state index < -0.39 is 5.97 Å². The Bertz CT molecular complexity index is 364. The number of hydrogen-bond donors (Lipinski definition) is 2. The van der Waals surface area contributed by atoms with Crippen LogP contribution in [-0.4, -0.2) is 33.3 Å². The molecule has 0 bridgehead atoms. The number of hydrogen-bond acceptors (Lipinski definition) is 3. The lowest BCUT2D eigenvalue weighted by atomic mass is 10.4. The van der Waals surface area contributed by atoms with Crippen molar-refractivity contribution >= 4 is 23.5 Å². The summed E-state index contributed by atoms with van der Waals surface area (Å²) in [5.74, 6) is -1.39. The van der Waals surface area contributed by atoms with E-state index in [0.717, 1.165) is 0 Å². The molecule has 0 saturated carbocycles. The van der Waals surface area contributed by atoms with E-state index in [-0.39, 0.29) is 18.9 Å². The Morgan fingerprint density at radius 2 is 2.33 bits per heavy atom. The fraction of sp³-hybridized carbons (Fsp3) is 0.375. The van der Waals surface area contributed by atoms with Crippen LogP contribution in [0.5, 0.6) is 0 Å². The molecule has 0 aliphatic rings. The fourth-order valence-corrected chi connectivity index (χ4v) is 1.10. The van der Waals surface area contributed by atoms with Crippen LogP contribution in [-0.2, 0) is 16.1 Å². The van der Waals surface area contributed by atoms with Crippen molar-refractivity contribution in [2.24, 2.45) is 0 Å². The van der Waals surface area contributed by atoms with Crippen molar-refractivity contribution in [3.8, 4) is 0 Å². The molecule has 0 aliphatic heterocycles. The van der Waals surface area contributed by atoms with Gasteiger partial charge in [-0.05, 0) is 0 Å². The molecular weight excluding hydrogens is 222 g/mol. The van der Waals surface area contributed by atoms with E-state index in [1.54, 1.807) is 6.20 Å². The van der Waals surface area contributed by atoms with Crippen molar-refractivity contribution in [2.45, 2.75) is 13.0 Å². The maximum Gasteiger partial charge on any atom is 0.322 e. The fourth-order valence-electron chi connectivity index (χ4n) is 0.939. The number of aliphatic carboxylic acids is 1. The highest BCUT2D eigenvalue weighted by atomic mass is 35.5. The predicted molar refractivity (Wildman–Crippen MR) is 52.5 cm³/mol. The Labute approximate surface area is 90.8 Å². The summed E-state index contributed by atoms with van der Waals surface area (Å²) in [7, 11) is 0. The molecule has 7 heteroatoms. The van der Waals surface area contributed by atoms with E-state index in [1.165, 1.54) is 10.9 Å². The molecule has 6 nitrogen and oxygen atoms in total. The Balaban J connectivity index is 2.25. The van der Waals surface area contributed by atoms with Crippen LogP contribution in [0, 0.1) is 0 Å². The molecule has 0 aliphatic carbocycles. The lowest BCUT2D eigenvalue weighted by Crippen LogP contribution is -2.29. The van der Waals surface area contributed by atoms with Crippen LogP contribution in [0.25, 0.3) is 0 Å². The highest BCUT2D eigenvalue weighted by Crippen LogP contribution is 2.04. The number of amides is 1. The van der Waals surface area contributed by atoms with Crippen LogP contribution in [0.15, 0.2) is 12.4 Å². The van der Waals surface area contributed by atoms with Gasteiger partial charge in [-0.15, -0.1) is 0 Å². The van der Waals surface area contributed by atoms with Gasteiger partial charge in [-0.2, -0.15) is 5.10 Å². The Morgan fingerprint density at radius 1 is 1.60 bits per heavy atom. The molecule has 0 spiro atoms. The van der Waals surface area contributed by atoms with Gasteiger partial charge in [0.25, 0.3) is 0 Å². The summed E-state index contributed by atoms with van der Waals surface area (Å²) in [6.07, 6.45) is 3.23. The van der Waals surface area contributed by atoms with Crippen molar-refractivity contribution in [2.75, 3.05) is 6.54 Å². The largest absolute Gasteiger partial charge is 0.480 e. The smallest absolute Gasteiger partial charge is 0.322 e. The third-order valence-corrected chi connectivity index (χ3v) is 1.80. The van der Waals surface area contributed by atoms with Crippen LogP contribution in [0.1, 0.15) is 6.42 Å². The minimum Gasteiger partial charge on any atom is -0.480 e. The van der Waals surface area contributed by atoms with Gasteiger partial charge in [0.1, 0.15) is 6.54 Å². The predicted octanol–water partition coefficient (Wildman–Crippen LogP) is 0.127. The molecule has 1 aromatic heterocycles. The van der Waals surface area contributed by atoms with Crippen molar-refractivity contribution in [1.29, 1.82) is 0 Å². The van der Waals surface area contributed by atoms with E-state index in [4.69, 9.17) is 16.7 Å². The number of aromatic nitrogens is 2. The normalized spacial score (nSPS) is 9.93. The molecule has 0 unspecified atom stereocenters. The Kier molecular flexibility index (Phi) is 4.11. The summed E-state index contributed by atoms with van der Waals surface area (Å²) in [5, 5.41) is 14.9. The van der Waals surface area contributed by atoms with Crippen molar-refractivity contribution in [3.63, 3.8) is 0 Å². The van der Waals surface area contributed by atoms with Gasteiger partial charge in [0.05, 0.1) is 11.2 Å². The van der Waals surface area contributed by atoms with E-state index in [1.807, 2.05) is 0 Å². The molecule has 0 atom stereocenters. The summed E-state index contributed by atoms with van der Waals surface area (Å²) < 4.78 is 1.52. The maximum atomic E-state index is 11.1. The van der Waals surface area contributed by atoms with Crippen molar-refractivity contribution < 1.29 is 14.7 Å². The van der Waals surface area contributed by atoms with Crippen LogP contribution >= 0.6 is 11.6 Å². The van der Waals surface area contributed by atoms with Gasteiger partial charge in [-0.25, -0.2) is 0 Å². The standard InChI is InChI=1S/C8H10ClN3O3/c9-6-3-11-12(5-6)2-1-7(13)10-4-8(14)15/h3,5H,1-2,4H2,(H,10,13)(H,14,15). The lowest BCUT2D eigenvalue weighted by Gasteiger charge is -2.02. The van der Waals surface area contributed by atoms with Gasteiger partial charge in [0.2, 0.25) is 5.91 Å². The number of aryl methyl sites for hydroxylation is 1. The zero-order valence-electron chi connectivity index (χ0n) is 7.81. The first kappa shape index (κ1) is 11.5. The lowest BCUT2D eigenvalue weighted by molar-refractivity contribution is -0.138. The molecular formula is C8H10ClN3O3. The zero-order valence-corrected chi connectivity index (χ0v) is 8.57. The molecule has 1 aromatic rings. The monoisotopic (exact) mass is 231 g/mol. The molecule has 0 aromatic carbocycles. The second kappa shape index (κ2) is 5.35. The van der Waals surface area contributed by atoms with E-state index in [9.17, 15) is 9.59 Å². The summed E-state index contributed by atoms with van der Waals surface area (Å²) in [6, 6.07) is 0. The Morgan fingerprint density at radius 3 is 2.87 bits per heavy atom. The van der Waals surface area contributed by atoms with Gasteiger partial charge < -0.3 is 10.4 Å². The van der Waals surface area contributed by atoms with Gasteiger partial charge in [-0.1, -0.05) is 11.6 Å². The summed E-state index contributed by atoms with van der Waals surface area (Å²) in [5.41, 5.74) is 0. The molecule has 1 rings (SSSR count). The molecule has 0 fully saturated rings. The van der Waals surface area contributed by atoms with E-state index >= 15 is 0 Å². The van der Waals surface area contributed by atoms with Gasteiger partial charge in [0, 0.05) is 19.2 Å². The van der Waals surface area contributed by atoms with Crippen LogP contribution in [0.3, 0.4) is 0 Å². The summed E-state index contributed by atoms with van der Waals surface area (Å²) in [6.45, 7) is 0.0108. The number of nitrogens with zero attached hydrogens (tertiary/aromatic N) is 2. The third-order valence-electron chi connectivity index (χ3n) is 1.61. The topological polar surface area (TPSA) is 84.2 Å². The van der Waals surface area contributed by atoms with Gasteiger partial charge in [-0.3, -0.25) is 14.3 Å². The average molecular weight is 232 g/mol. The van der Waals surface area contributed by atoms with Crippen LogP contribution < -0.4 is 5.32 Å². The summed E-state index contributed by atoms with van der Waals surface area (Å²) >= 11 is 5.62. The minimum atomic E-state index is -1.06. The van der Waals surface area contributed by atoms with Crippen LogP contribution in [0.2, 0.25) is 5.02 Å². The van der Waals surface area contributed by atoms with Gasteiger partial charge >= 0.3 is 5.97 Å². The molecule has 1 amide bonds. The highest BCUT2D eigenvalue weighted by molar-refractivity contribution is 6.30. The molecule has 2 N–H and O–H groups in total. The first-order valence-electron chi connectivity index (χ1n) is 4.24. The second-order valence-electron chi connectivity index (χ2n) is 2.84. The first-order valence-corrected chi connectivity index (χ1v) is 4.62. The number of nitrogens with one attached hydrogen (secondary N) is 1. The molecule has 82 valence electrons. The molecule has 1 heterocycles. The number of carboxylic acid groups (broad SMARTS) is 1. The molecule has 0 radical (unpaired) electrons. The Hall–Kier alpha value is -1.56. The highest BCUT2D eigenvalue weighted by Gasteiger charge is 2.04. The minimum absolute atomic E-state index is 0.172. The summed E-state index contributed by atoms with van der Waals surface area (Å²) in [4.78, 5) is 21.2. The maximum absolute atomic E-state index is 11.1. The van der Waals surface area contributed by atoms with Crippen molar-refractivity contribution in [1.82, 2.24) is 15.1 Å². The quantitative estimate of drug-likeness (QED) is 0.754. The number of carbonyl (C=O) groups excluding carboxylic acids is 1. The second-order valence-corrected chi connectivity index (χ2v) is 3.28. The first-order chi connectivity index (χ1) is 7.08. The third kappa shape index (κ3) is 4.46. The molecule has 0 saturated heterocycles. The van der Waals surface area contributed by atoms with Crippen molar-refractivity contribution in [3.05, 3.63) is 17.4 Å². The van der Waals surface area contributed by atoms with Crippen LogP contribution in [0.4, 0.5) is 0 Å². The number of rotatable bonds is 5. The zero-order chi connectivity index (χ0) is 11.3.